The summed E-state index contributed by atoms with van der Waals surface area (Å²) in [5, 5.41) is 0.508. The molecule has 1 aromatic heterocycles. The number of anilines is 1. The molecule has 2 aliphatic heterocycles. The SMILES string of the molecule is FC(F)(F)c1cnc(N2CCC(N3CCCC3)C2)s1. The van der Waals surface area contributed by atoms with E-state index in [-0.39, 0.29) is 0 Å². The fourth-order valence-corrected chi connectivity index (χ4v) is 3.68. The molecule has 0 amide bonds. The summed E-state index contributed by atoms with van der Waals surface area (Å²) < 4.78 is 37.7. The summed E-state index contributed by atoms with van der Waals surface area (Å²) in [6.07, 6.45) is 0.187. The molecule has 0 aliphatic carbocycles. The van der Waals surface area contributed by atoms with Crippen LogP contribution in [0.1, 0.15) is 24.1 Å². The third kappa shape index (κ3) is 2.72. The molecule has 3 rings (SSSR count). The first-order valence-corrected chi connectivity index (χ1v) is 7.38. The Morgan fingerprint density at radius 3 is 2.58 bits per heavy atom. The first-order chi connectivity index (χ1) is 9.04. The highest BCUT2D eigenvalue weighted by Gasteiger charge is 2.35. The Morgan fingerprint density at radius 1 is 1.21 bits per heavy atom. The Morgan fingerprint density at radius 2 is 1.95 bits per heavy atom. The first kappa shape index (κ1) is 13.2. The van der Waals surface area contributed by atoms with Crippen molar-refractivity contribution >= 4 is 16.5 Å². The van der Waals surface area contributed by atoms with Gasteiger partial charge in [0.05, 0.1) is 6.20 Å². The van der Waals surface area contributed by atoms with Gasteiger partial charge in [0.15, 0.2) is 5.13 Å². The van der Waals surface area contributed by atoms with Crippen LogP contribution in [0.15, 0.2) is 6.20 Å². The van der Waals surface area contributed by atoms with E-state index >= 15 is 0 Å². The average Bonchev–Trinajstić information content (AvgIpc) is 3.10. The highest BCUT2D eigenvalue weighted by atomic mass is 32.1. The number of thiazole rings is 1. The zero-order valence-corrected chi connectivity index (χ0v) is 11.3. The Bertz CT molecular complexity index is 440. The van der Waals surface area contributed by atoms with Gasteiger partial charge in [0.25, 0.3) is 0 Å². The Hall–Kier alpha value is -0.820. The van der Waals surface area contributed by atoms with Crippen LogP contribution >= 0.6 is 11.3 Å². The van der Waals surface area contributed by atoms with E-state index in [0.29, 0.717) is 11.2 Å². The van der Waals surface area contributed by atoms with Crippen molar-refractivity contribution < 1.29 is 13.2 Å². The molecule has 19 heavy (non-hydrogen) atoms. The number of likely N-dealkylation sites (tertiary alicyclic amines) is 1. The molecule has 1 unspecified atom stereocenters. The Balaban J connectivity index is 1.65. The van der Waals surface area contributed by atoms with E-state index in [1.165, 1.54) is 12.8 Å². The first-order valence-electron chi connectivity index (χ1n) is 6.56. The molecule has 106 valence electrons. The van der Waals surface area contributed by atoms with Crippen LogP contribution in [0.25, 0.3) is 0 Å². The molecule has 0 aromatic carbocycles. The number of nitrogens with zero attached hydrogens (tertiary/aromatic N) is 3. The maximum atomic E-state index is 12.6. The van der Waals surface area contributed by atoms with Crippen molar-refractivity contribution in [1.82, 2.24) is 9.88 Å². The van der Waals surface area contributed by atoms with Crippen molar-refractivity contribution in [3.63, 3.8) is 0 Å². The summed E-state index contributed by atoms with van der Waals surface area (Å²) in [4.78, 5) is 7.77. The quantitative estimate of drug-likeness (QED) is 0.835. The predicted octanol–water partition coefficient (Wildman–Crippen LogP) is 2.84. The third-order valence-corrected chi connectivity index (χ3v) is 4.97. The van der Waals surface area contributed by atoms with Gasteiger partial charge in [-0.05, 0) is 32.4 Å². The molecule has 2 saturated heterocycles. The van der Waals surface area contributed by atoms with Crippen LogP contribution in [-0.4, -0.2) is 42.1 Å². The van der Waals surface area contributed by atoms with Crippen molar-refractivity contribution in [3.05, 3.63) is 11.1 Å². The fourth-order valence-electron chi connectivity index (χ4n) is 2.86. The lowest BCUT2D eigenvalue weighted by Crippen LogP contribution is -2.35. The molecular weight excluding hydrogens is 275 g/mol. The summed E-state index contributed by atoms with van der Waals surface area (Å²) in [6, 6.07) is 0.487. The summed E-state index contributed by atoms with van der Waals surface area (Å²) in [5.41, 5.74) is 0. The molecule has 1 atom stereocenters. The van der Waals surface area contributed by atoms with Gasteiger partial charge in [-0.1, -0.05) is 11.3 Å². The molecule has 0 spiro atoms. The maximum Gasteiger partial charge on any atom is 0.427 e. The molecule has 3 nitrogen and oxygen atoms in total. The second-order valence-corrected chi connectivity index (χ2v) is 6.15. The van der Waals surface area contributed by atoms with Crippen molar-refractivity contribution in [3.8, 4) is 0 Å². The second-order valence-electron chi connectivity index (χ2n) is 5.14. The Labute approximate surface area is 114 Å². The highest BCUT2D eigenvalue weighted by Crippen LogP contribution is 2.37. The monoisotopic (exact) mass is 291 g/mol. The number of alkyl halides is 3. The van der Waals surface area contributed by atoms with Crippen molar-refractivity contribution in [2.45, 2.75) is 31.5 Å². The van der Waals surface area contributed by atoms with E-state index in [9.17, 15) is 13.2 Å². The molecule has 2 fully saturated rings. The summed E-state index contributed by atoms with van der Waals surface area (Å²) in [6.45, 7) is 3.88. The van der Waals surface area contributed by atoms with Crippen molar-refractivity contribution in [2.75, 3.05) is 31.1 Å². The number of aromatic nitrogens is 1. The molecule has 1 aromatic rings. The Kier molecular flexibility index (Phi) is 3.42. The average molecular weight is 291 g/mol. The van der Waals surface area contributed by atoms with Crippen LogP contribution in [0.4, 0.5) is 18.3 Å². The van der Waals surface area contributed by atoms with E-state index in [2.05, 4.69) is 9.88 Å². The minimum atomic E-state index is -4.27. The lowest BCUT2D eigenvalue weighted by molar-refractivity contribution is -0.134. The van der Waals surface area contributed by atoms with Crippen molar-refractivity contribution in [2.24, 2.45) is 0 Å². The van der Waals surface area contributed by atoms with Gasteiger partial charge in [0.2, 0.25) is 0 Å². The lowest BCUT2D eigenvalue weighted by Gasteiger charge is -2.23. The lowest BCUT2D eigenvalue weighted by atomic mass is 10.2. The number of halogens is 3. The van der Waals surface area contributed by atoms with Crippen LogP contribution in [0.2, 0.25) is 0 Å². The van der Waals surface area contributed by atoms with Gasteiger partial charge < -0.3 is 4.90 Å². The summed E-state index contributed by atoms with van der Waals surface area (Å²) in [7, 11) is 0. The molecular formula is C12H16F3N3S. The van der Waals surface area contributed by atoms with Crippen LogP contribution < -0.4 is 4.90 Å². The predicted molar refractivity (Wildman–Crippen MR) is 68.5 cm³/mol. The third-order valence-electron chi connectivity index (χ3n) is 3.86. The van der Waals surface area contributed by atoms with E-state index in [0.717, 1.165) is 50.1 Å². The van der Waals surface area contributed by atoms with Crippen LogP contribution in [0, 0.1) is 0 Å². The minimum absolute atomic E-state index is 0.487. The van der Waals surface area contributed by atoms with Crippen LogP contribution in [-0.2, 0) is 6.18 Å². The van der Waals surface area contributed by atoms with E-state index < -0.39 is 11.1 Å². The molecule has 2 aliphatic rings. The summed E-state index contributed by atoms with van der Waals surface area (Å²) in [5.74, 6) is 0. The van der Waals surface area contributed by atoms with Gasteiger partial charge in [-0.3, -0.25) is 4.90 Å². The topological polar surface area (TPSA) is 19.4 Å². The smallest absolute Gasteiger partial charge is 0.346 e. The minimum Gasteiger partial charge on any atom is -0.346 e. The highest BCUT2D eigenvalue weighted by molar-refractivity contribution is 7.15. The zero-order chi connectivity index (χ0) is 13.5. The van der Waals surface area contributed by atoms with Gasteiger partial charge in [0, 0.05) is 19.1 Å². The van der Waals surface area contributed by atoms with Gasteiger partial charge in [-0.15, -0.1) is 0 Å². The van der Waals surface area contributed by atoms with Gasteiger partial charge in [-0.2, -0.15) is 13.2 Å². The largest absolute Gasteiger partial charge is 0.427 e. The van der Waals surface area contributed by atoms with Gasteiger partial charge in [-0.25, -0.2) is 4.98 Å². The number of rotatable bonds is 2. The fraction of sp³-hybridized carbons (Fsp3) is 0.750. The normalized spacial score (nSPS) is 25.4. The molecule has 0 bridgehead atoms. The summed E-state index contributed by atoms with van der Waals surface area (Å²) >= 11 is 0.753. The number of hydrogen-bond donors (Lipinski definition) is 0. The molecule has 0 saturated carbocycles. The standard InChI is InChI=1S/C12H16F3N3S/c13-12(14,15)10-7-16-11(19-10)18-6-3-9(8-18)17-4-1-2-5-17/h7,9H,1-6,8H2. The molecule has 0 N–H and O–H groups in total. The zero-order valence-electron chi connectivity index (χ0n) is 10.5. The number of hydrogen-bond acceptors (Lipinski definition) is 4. The van der Waals surface area contributed by atoms with E-state index in [1.54, 1.807) is 0 Å². The molecule has 0 radical (unpaired) electrons. The van der Waals surface area contributed by atoms with E-state index in [4.69, 9.17) is 0 Å². The van der Waals surface area contributed by atoms with Gasteiger partial charge >= 0.3 is 6.18 Å². The van der Waals surface area contributed by atoms with E-state index in [1.807, 2.05) is 4.90 Å². The van der Waals surface area contributed by atoms with Crippen molar-refractivity contribution in [1.29, 1.82) is 0 Å². The molecule has 3 heterocycles. The maximum absolute atomic E-state index is 12.6. The van der Waals surface area contributed by atoms with Crippen LogP contribution in [0.5, 0.6) is 0 Å². The molecule has 7 heteroatoms. The second kappa shape index (κ2) is 4.94. The van der Waals surface area contributed by atoms with Gasteiger partial charge in [0.1, 0.15) is 4.88 Å². The van der Waals surface area contributed by atoms with Crippen LogP contribution in [0.3, 0.4) is 0 Å².